The quantitative estimate of drug-likeness (QED) is 0.854. The standard InChI is InChI=1S/C19H19F3N2O2.ClH/c20-19(21,22)26-15-8-6-13(7-9-15)10-18(25)24-11-16(17(23)12-24)14-4-2-1-3-5-14;/h1-9,16-17H,10-12,23H2;1H/t16-,17+;/m0./s1. The summed E-state index contributed by atoms with van der Waals surface area (Å²) >= 11 is 0. The summed E-state index contributed by atoms with van der Waals surface area (Å²) in [5.41, 5.74) is 7.92. The molecule has 3 rings (SSSR count). The predicted molar refractivity (Wildman–Crippen MR) is 97.8 cm³/mol. The third-order valence-corrected chi connectivity index (χ3v) is 4.46. The molecular weight excluding hydrogens is 381 g/mol. The van der Waals surface area contributed by atoms with Crippen molar-refractivity contribution in [1.82, 2.24) is 4.90 Å². The number of halogens is 4. The molecule has 146 valence electrons. The summed E-state index contributed by atoms with van der Waals surface area (Å²) in [6.07, 6.45) is -4.62. The minimum absolute atomic E-state index is 0. The van der Waals surface area contributed by atoms with Gasteiger partial charge in [0.25, 0.3) is 0 Å². The van der Waals surface area contributed by atoms with Crippen LogP contribution in [-0.4, -0.2) is 36.3 Å². The fourth-order valence-electron chi connectivity index (χ4n) is 3.18. The van der Waals surface area contributed by atoms with E-state index in [1.165, 1.54) is 24.3 Å². The molecule has 2 aromatic rings. The fraction of sp³-hybridized carbons (Fsp3) is 0.316. The predicted octanol–water partition coefficient (Wildman–Crippen LogP) is 3.50. The molecule has 1 aliphatic heterocycles. The SMILES string of the molecule is Cl.N[C@@H]1CN(C(=O)Cc2ccc(OC(F)(F)F)cc2)C[C@H]1c1ccccc1. The van der Waals surface area contributed by atoms with Crippen LogP contribution in [0.5, 0.6) is 5.75 Å². The molecule has 4 nitrogen and oxygen atoms in total. The second kappa shape index (κ2) is 8.63. The maximum absolute atomic E-state index is 12.5. The van der Waals surface area contributed by atoms with Crippen LogP contribution in [0.4, 0.5) is 13.2 Å². The van der Waals surface area contributed by atoms with Crippen molar-refractivity contribution in [3.8, 4) is 5.75 Å². The van der Waals surface area contributed by atoms with Gasteiger partial charge in [0, 0.05) is 25.0 Å². The van der Waals surface area contributed by atoms with Crippen molar-refractivity contribution in [3.63, 3.8) is 0 Å². The molecule has 0 bridgehead atoms. The van der Waals surface area contributed by atoms with Gasteiger partial charge in [0.05, 0.1) is 6.42 Å². The number of rotatable bonds is 4. The molecule has 0 radical (unpaired) electrons. The highest BCUT2D eigenvalue weighted by molar-refractivity contribution is 5.85. The fourth-order valence-corrected chi connectivity index (χ4v) is 3.18. The number of carbonyl (C=O) groups excluding carboxylic acids is 1. The molecule has 1 aliphatic rings. The summed E-state index contributed by atoms with van der Waals surface area (Å²) in [6.45, 7) is 1.01. The van der Waals surface area contributed by atoms with Crippen molar-refractivity contribution in [2.75, 3.05) is 13.1 Å². The lowest BCUT2D eigenvalue weighted by molar-refractivity contribution is -0.274. The van der Waals surface area contributed by atoms with Crippen LogP contribution in [0, 0.1) is 0 Å². The van der Waals surface area contributed by atoms with Gasteiger partial charge in [0.1, 0.15) is 5.75 Å². The number of likely N-dealkylation sites (tertiary alicyclic amines) is 1. The van der Waals surface area contributed by atoms with E-state index in [0.29, 0.717) is 18.7 Å². The summed E-state index contributed by atoms with van der Waals surface area (Å²) < 4.78 is 40.4. The van der Waals surface area contributed by atoms with E-state index in [1.807, 2.05) is 30.3 Å². The highest BCUT2D eigenvalue weighted by atomic mass is 35.5. The largest absolute Gasteiger partial charge is 0.573 e. The third kappa shape index (κ3) is 5.61. The first-order valence-corrected chi connectivity index (χ1v) is 8.25. The molecule has 2 atom stereocenters. The van der Waals surface area contributed by atoms with Crippen molar-refractivity contribution in [3.05, 3.63) is 65.7 Å². The van der Waals surface area contributed by atoms with Crippen molar-refractivity contribution >= 4 is 18.3 Å². The molecule has 8 heteroatoms. The molecule has 2 N–H and O–H groups in total. The number of alkyl halides is 3. The Kier molecular flexibility index (Phi) is 6.73. The second-order valence-corrected chi connectivity index (χ2v) is 6.35. The number of amides is 1. The summed E-state index contributed by atoms with van der Waals surface area (Å²) in [6, 6.07) is 15.0. The molecule has 0 aliphatic carbocycles. The molecule has 1 fully saturated rings. The van der Waals surface area contributed by atoms with E-state index in [2.05, 4.69) is 4.74 Å². The van der Waals surface area contributed by atoms with Gasteiger partial charge >= 0.3 is 6.36 Å². The lowest BCUT2D eigenvalue weighted by Crippen LogP contribution is -2.33. The molecule has 0 aromatic heterocycles. The first-order chi connectivity index (χ1) is 12.3. The second-order valence-electron chi connectivity index (χ2n) is 6.35. The minimum Gasteiger partial charge on any atom is -0.406 e. The highest BCUT2D eigenvalue weighted by Crippen LogP contribution is 2.27. The lowest BCUT2D eigenvalue weighted by atomic mass is 9.95. The van der Waals surface area contributed by atoms with Gasteiger partial charge in [-0.15, -0.1) is 25.6 Å². The van der Waals surface area contributed by atoms with Gasteiger partial charge in [-0.1, -0.05) is 42.5 Å². The number of nitrogens with two attached hydrogens (primary N) is 1. The smallest absolute Gasteiger partial charge is 0.406 e. The topological polar surface area (TPSA) is 55.6 Å². The first-order valence-electron chi connectivity index (χ1n) is 8.25. The van der Waals surface area contributed by atoms with Gasteiger partial charge < -0.3 is 15.4 Å². The van der Waals surface area contributed by atoms with Crippen LogP contribution in [0.25, 0.3) is 0 Å². The molecule has 0 unspecified atom stereocenters. The van der Waals surface area contributed by atoms with Crippen LogP contribution in [-0.2, 0) is 11.2 Å². The monoisotopic (exact) mass is 400 g/mol. The number of hydrogen-bond acceptors (Lipinski definition) is 3. The summed E-state index contributed by atoms with van der Waals surface area (Å²) in [4.78, 5) is 14.2. The normalized spacial score (nSPS) is 19.5. The van der Waals surface area contributed by atoms with Gasteiger partial charge in [-0.3, -0.25) is 4.79 Å². The molecule has 1 saturated heterocycles. The van der Waals surface area contributed by atoms with Crippen LogP contribution in [0.15, 0.2) is 54.6 Å². The van der Waals surface area contributed by atoms with E-state index >= 15 is 0 Å². The zero-order valence-corrected chi connectivity index (χ0v) is 15.2. The summed E-state index contributed by atoms with van der Waals surface area (Å²) in [5, 5.41) is 0. The van der Waals surface area contributed by atoms with Gasteiger partial charge in [-0.25, -0.2) is 0 Å². The molecule has 0 spiro atoms. The van der Waals surface area contributed by atoms with E-state index in [0.717, 1.165) is 5.56 Å². The Morgan fingerprint density at radius 1 is 1.07 bits per heavy atom. The van der Waals surface area contributed by atoms with E-state index in [9.17, 15) is 18.0 Å². The van der Waals surface area contributed by atoms with Crippen LogP contribution < -0.4 is 10.5 Å². The number of carbonyl (C=O) groups is 1. The Morgan fingerprint density at radius 2 is 1.70 bits per heavy atom. The average molecular weight is 401 g/mol. The van der Waals surface area contributed by atoms with Crippen molar-refractivity contribution in [1.29, 1.82) is 0 Å². The Hall–Kier alpha value is -2.25. The van der Waals surface area contributed by atoms with Gasteiger partial charge in [0.2, 0.25) is 5.91 Å². The van der Waals surface area contributed by atoms with E-state index < -0.39 is 6.36 Å². The van der Waals surface area contributed by atoms with Gasteiger partial charge in [-0.05, 0) is 23.3 Å². The highest BCUT2D eigenvalue weighted by Gasteiger charge is 2.34. The van der Waals surface area contributed by atoms with Crippen LogP contribution >= 0.6 is 12.4 Å². The van der Waals surface area contributed by atoms with E-state index in [-0.39, 0.29) is 42.4 Å². The van der Waals surface area contributed by atoms with Crippen LogP contribution in [0.3, 0.4) is 0 Å². The van der Waals surface area contributed by atoms with E-state index in [1.54, 1.807) is 4.90 Å². The Labute approximate surface area is 161 Å². The van der Waals surface area contributed by atoms with Crippen molar-refractivity contribution in [2.24, 2.45) is 5.73 Å². The number of ether oxygens (including phenoxy) is 1. The van der Waals surface area contributed by atoms with Crippen LogP contribution in [0.2, 0.25) is 0 Å². The van der Waals surface area contributed by atoms with Crippen LogP contribution in [0.1, 0.15) is 17.0 Å². The minimum atomic E-state index is -4.73. The maximum atomic E-state index is 12.5. The van der Waals surface area contributed by atoms with Gasteiger partial charge in [-0.2, -0.15) is 0 Å². The van der Waals surface area contributed by atoms with E-state index in [4.69, 9.17) is 5.73 Å². The molecule has 27 heavy (non-hydrogen) atoms. The average Bonchev–Trinajstić information content (AvgIpc) is 2.98. The molecule has 1 heterocycles. The summed E-state index contributed by atoms with van der Waals surface area (Å²) in [7, 11) is 0. The number of nitrogens with zero attached hydrogens (tertiary/aromatic N) is 1. The maximum Gasteiger partial charge on any atom is 0.573 e. The Balaban J connectivity index is 0.00000261. The van der Waals surface area contributed by atoms with Crippen molar-refractivity contribution in [2.45, 2.75) is 24.7 Å². The Morgan fingerprint density at radius 3 is 2.30 bits per heavy atom. The summed E-state index contributed by atoms with van der Waals surface area (Å²) in [5.74, 6) is -0.313. The zero-order valence-electron chi connectivity index (χ0n) is 14.4. The Bertz CT molecular complexity index is 754. The third-order valence-electron chi connectivity index (χ3n) is 4.46. The number of hydrogen-bond donors (Lipinski definition) is 1. The van der Waals surface area contributed by atoms with Gasteiger partial charge in [0.15, 0.2) is 0 Å². The lowest BCUT2D eigenvalue weighted by Gasteiger charge is -2.17. The molecule has 1 amide bonds. The molecule has 2 aromatic carbocycles. The van der Waals surface area contributed by atoms with Crippen molar-refractivity contribution < 1.29 is 22.7 Å². The molecular formula is C19H20ClF3N2O2. The number of benzene rings is 2. The first kappa shape index (κ1) is 21.1. The molecule has 0 saturated carbocycles. The zero-order chi connectivity index (χ0) is 18.7.